The third-order valence-electron chi connectivity index (χ3n) is 4.63. The van der Waals surface area contributed by atoms with Crippen molar-refractivity contribution >= 4 is 28.6 Å². The first-order valence-corrected chi connectivity index (χ1v) is 9.23. The maximum Gasteiger partial charge on any atom is 0.338 e. The average molecular weight is 380 g/mol. The molecule has 7 heteroatoms. The molecule has 0 radical (unpaired) electrons. The van der Waals surface area contributed by atoms with Gasteiger partial charge < -0.3 is 10.1 Å². The van der Waals surface area contributed by atoms with Crippen LogP contribution in [0.3, 0.4) is 0 Å². The summed E-state index contributed by atoms with van der Waals surface area (Å²) in [6, 6.07) is 9.05. The zero-order valence-electron chi connectivity index (χ0n) is 16.7. The lowest BCUT2D eigenvalue weighted by molar-refractivity contribution is -0.123. The smallest absolute Gasteiger partial charge is 0.338 e. The number of anilines is 1. The molecule has 2 aromatic carbocycles. The minimum Gasteiger partial charge on any atom is -0.449 e. The van der Waals surface area contributed by atoms with Gasteiger partial charge in [-0.3, -0.25) is 4.79 Å². The number of ether oxygens (including phenoxy) is 1. The number of carbonyl (C=O) groups is 2. The molecule has 0 spiro atoms. The molecule has 1 N–H and O–H groups in total. The molecule has 0 unspecified atom stereocenters. The molecule has 7 nitrogen and oxygen atoms in total. The molecule has 28 heavy (non-hydrogen) atoms. The van der Waals surface area contributed by atoms with E-state index in [1.165, 1.54) is 0 Å². The van der Waals surface area contributed by atoms with Crippen molar-refractivity contribution in [1.82, 2.24) is 15.0 Å². The summed E-state index contributed by atoms with van der Waals surface area (Å²) < 4.78 is 7.09. The predicted octanol–water partition coefficient (Wildman–Crippen LogP) is 3.56. The Kier molecular flexibility index (Phi) is 5.44. The summed E-state index contributed by atoms with van der Waals surface area (Å²) in [5.41, 5.74) is 5.59. The van der Waals surface area contributed by atoms with E-state index in [1.807, 2.05) is 39.8 Å². The van der Waals surface area contributed by atoms with E-state index < -0.39 is 12.1 Å². The summed E-state index contributed by atoms with van der Waals surface area (Å²) in [6.45, 7) is 10.1. The molecule has 0 saturated carbocycles. The van der Waals surface area contributed by atoms with Crippen molar-refractivity contribution in [1.29, 1.82) is 0 Å². The zero-order valence-corrected chi connectivity index (χ0v) is 16.7. The number of esters is 1. The molecule has 146 valence electrons. The van der Waals surface area contributed by atoms with Crippen molar-refractivity contribution in [3.05, 3.63) is 52.6 Å². The van der Waals surface area contributed by atoms with Crippen LogP contribution < -0.4 is 5.32 Å². The molecular formula is C21H24N4O3. The quantitative estimate of drug-likeness (QED) is 0.684. The van der Waals surface area contributed by atoms with E-state index in [0.717, 1.165) is 27.9 Å². The molecule has 1 heterocycles. The Bertz CT molecular complexity index is 1030. The average Bonchev–Trinajstić information content (AvgIpc) is 3.06. The van der Waals surface area contributed by atoms with Crippen LogP contribution in [0.5, 0.6) is 0 Å². The van der Waals surface area contributed by atoms with Crippen molar-refractivity contribution in [2.45, 2.75) is 47.3 Å². The highest BCUT2D eigenvalue weighted by Gasteiger charge is 2.21. The Labute approximate surface area is 163 Å². The van der Waals surface area contributed by atoms with Gasteiger partial charge in [0.25, 0.3) is 5.91 Å². The molecule has 3 rings (SSSR count). The topological polar surface area (TPSA) is 86.1 Å². The van der Waals surface area contributed by atoms with E-state index in [1.54, 1.807) is 29.8 Å². The fourth-order valence-electron chi connectivity index (χ4n) is 3.22. The summed E-state index contributed by atoms with van der Waals surface area (Å²) in [5, 5.41) is 10.9. The first kappa shape index (κ1) is 19.5. The SMILES string of the molecule is CCn1nnc2cc(C(=O)O[C@@H](C)C(=O)Nc3c(C)cc(C)cc3C)ccc21. The summed E-state index contributed by atoms with van der Waals surface area (Å²) in [7, 11) is 0. The van der Waals surface area contributed by atoms with Gasteiger partial charge in [-0.15, -0.1) is 5.10 Å². The zero-order chi connectivity index (χ0) is 20.4. The minimum atomic E-state index is -0.936. The maximum absolute atomic E-state index is 12.5. The molecule has 0 aliphatic rings. The number of nitrogens with one attached hydrogen (secondary N) is 1. The Morgan fingerprint density at radius 3 is 2.46 bits per heavy atom. The van der Waals surface area contributed by atoms with Gasteiger partial charge in [-0.25, -0.2) is 9.48 Å². The first-order chi connectivity index (χ1) is 13.3. The summed E-state index contributed by atoms with van der Waals surface area (Å²) in [5.74, 6) is -0.950. The molecule has 0 bridgehead atoms. The van der Waals surface area contributed by atoms with E-state index in [-0.39, 0.29) is 5.91 Å². The molecule has 0 aliphatic heterocycles. The van der Waals surface area contributed by atoms with E-state index in [0.29, 0.717) is 17.6 Å². The molecule has 0 aliphatic carbocycles. The number of carbonyl (C=O) groups excluding carboxylic acids is 2. The van der Waals surface area contributed by atoms with Crippen molar-refractivity contribution in [2.75, 3.05) is 5.32 Å². The Morgan fingerprint density at radius 1 is 1.14 bits per heavy atom. The number of hydrogen-bond acceptors (Lipinski definition) is 5. The second-order valence-electron chi connectivity index (χ2n) is 6.92. The fourth-order valence-corrected chi connectivity index (χ4v) is 3.22. The van der Waals surface area contributed by atoms with Crippen LogP contribution in [-0.4, -0.2) is 33.0 Å². The number of rotatable bonds is 5. The summed E-state index contributed by atoms with van der Waals surface area (Å²) >= 11 is 0. The van der Waals surface area contributed by atoms with E-state index in [2.05, 4.69) is 15.6 Å². The standard InChI is InChI=1S/C21H24N4O3/c1-6-25-18-8-7-16(11-17(18)23-24-25)21(27)28-15(5)20(26)22-19-13(3)9-12(2)10-14(19)4/h7-11,15H,6H2,1-5H3,(H,22,26)/t15-/m0/s1. The van der Waals surface area contributed by atoms with Crippen LogP contribution in [0, 0.1) is 20.8 Å². The van der Waals surface area contributed by atoms with Crippen molar-refractivity contribution < 1.29 is 14.3 Å². The highest BCUT2D eigenvalue weighted by atomic mass is 16.5. The molecule has 0 saturated heterocycles. The maximum atomic E-state index is 12.5. The van der Waals surface area contributed by atoms with E-state index in [4.69, 9.17) is 4.74 Å². The van der Waals surface area contributed by atoms with Crippen LogP contribution in [-0.2, 0) is 16.1 Å². The van der Waals surface area contributed by atoms with E-state index in [9.17, 15) is 9.59 Å². The van der Waals surface area contributed by atoms with Gasteiger partial charge in [0, 0.05) is 12.2 Å². The first-order valence-electron chi connectivity index (χ1n) is 9.23. The number of aromatic nitrogens is 3. The Hall–Kier alpha value is -3.22. The molecule has 3 aromatic rings. The number of benzene rings is 2. The normalized spacial score (nSPS) is 12.0. The van der Waals surface area contributed by atoms with Crippen LogP contribution in [0.15, 0.2) is 30.3 Å². The van der Waals surface area contributed by atoms with Crippen LogP contribution in [0.4, 0.5) is 5.69 Å². The van der Waals surface area contributed by atoms with Crippen LogP contribution in [0.2, 0.25) is 0 Å². The van der Waals surface area contributed by atoms with Crippen molar-refractivity contribution in [3.8, 4) is 0 Å². The highest BCUT2D eigenvalue weighted by molar-refractivity contribution is 5.99. The van der Waals surface area contributed by atoms with Gasteiger partial charge in [-0.2, -0.15) is 0 Å². The number of amides is 1. The molecule has 0 fully saturated rings. The highest BCUT2D eigenvalue weighted by Crippen LogP contribution is 2.22. The molecular weight excluding hydrogens is 356 g/mol. The fraction of sp³-hybridized carbons (Fsp3) is 0.333. The van der Waals surface area contributed by atoms with Crippen LogP contribution in [0.1, 0.15) is 40.9 Å². The lowest BCUT2D eigenvalue weighted by Crippen LogP contribution is -2.30. The number of hydrogen-bond donors (Lipinski definition) is 1. The number of nitrogens with zero attached hydrogens (tertiary/aromatic N) is 3. The Morgan fingerprint density at radius 2 is 1.82 bits per heavy atom. The molecule has 1 aromatic heterocycles. The van der Waals surface area contributed by atoms with Gasteiger partial charge in [0.1, 0.15) is 5.52 Å². The van der Waals surface area contributed by atoms with Crippen molar-refractivity contribution in [2.24, 2.45) is 0 Å². The third-order valence-corrected chi connectivity index (χ3v) is 4.63. The minimum absolute atomic E-state index is 0.331. The van der Waals surface area contributed by atoms with Gasteiger partial charge in [-0.05, 0) is 63.9 Å². The Balaban J connectivity index is 1.71. The third kappa shape index (κ3) is 3.88. The van der Waals surface area contributed by atoms with Crippen LogP contribution >= 0.6 is 0 Å². The van der Waals surface area contributed by atoms with Crippen molar-refractivity contribution in [3.63, 3.8) is 0 Å². The number of aryl methyl sites for hydroxylation is 4. The lowest BCUT2D eigenvalue weighted by Gasteiger charge is -2.17. The van der Waals surface area contributed by atoms with Gasteiger partial charge in [-0.1, -0.05) is 22.9 Å². The van der Waals surface area contributed by atoms with Gasteiger partial charge in [0.15, 0.2) is 6.10 Å². The lowest BCUT2D eigenvalue weighted by atomic mass is 10.0. The number of fused-ring (bicyclic) bond motifs is 1. The second kappa shape index (κ2) is 7.80. The molecule has 1 amide bonds. The van der Waals surface area contributed by atoms with Crippen LogP contribution in [0.25, 0.3) is 11.0 Å². The van der Waals surface area contributed by atoms with Gasteiger partial charge in [0.2, 0.25) is 0 Å². The van der Waals surface area contributed by atoms with Gasteiger partial charge >= 0.3 is 5.97 Å². The summed E-state index contributed by atoms with van der Waals surface area (Å²) in [6.07, 6.45) is -0.936. The largest absolute Gasteiger partial charge is 0.449 e. The predicted molar refractivity (Wildman–Crippen MR) is 107 cm³/mol. The molecule has 1 atom stereocenters. The van der Waals surface area contributed by atoms with Gasteiger partial charge in [0.05, 0.1) is 11.1 Å². The summed E-state index contributed by atoms with van der Waals surface area (Å²) in [4.78, 5) is 25.0. The monoisotopic (exact) mass is 380 g/mol. The second-order valence-corrected chi connectivity index (χ2v) is 6.92. The van der Waals surface area contributed by atoms with E-state index >= 15 is 0 Å².